The highest BCUT2D eigenvalue weighted by Gasteiger charge is 2.11. The van der Waals surface area contributed by atoms with Crippen molar-refractivity contribution < 1.29 is 14.3 Å². The Morgan fingerprint density at radius 1 is 1.05 bits per heavy atom. The molecule has 0 aromatic heterocycles. The fourth-order valence-electron chi connectivity index (χ4n) is 2.25. The Morgan fingerprint density at radius 2 is 1.68 bits per heavy atom. The van der Waals surface area contributed by atoms with E-state index >= 15 is 0 Å². The molecular formula is C18H21NO3. The zero-order chi connectivity index (χ0) is 15.9. The van der Waals surface area contributed by atoms with Crippen molar-refractivity contribution in [2.75, 3.05) is 14.2 Å². The quantitative estimate of drug-likeness (QED) is 0.892. The van der Waals surface area contributed by atoms with E-state index < -0.39 is 0 Å². The van der Waals surface area contributed by atoms with Crippen molar-refractivity contribution in [2.24, 2.45) is 0 Å². The summed E-state index contributed by atoms with van der Waals surface area (Å²) >= 11 is 0. The monoisotopic (exact) mass is 299 g/mol. The van der Waals surface area contributed by atoms with Crippen molar-refractivity contribution in [1.29, 1.82) is 0 Å². The summed E-state index contributed by atoms with van der Waals surface area (Å²) in [7, 11) is 3.19. The van der Waals surface area contributed by atoms with Gasteiger partial charge in [0.1, 0.15) is 0 Å². The number of amides is 1. The average molecular weight is 299 g/mol. The Hall–Kier alpha value is -2.49. The number of methoxy groups -OCH3 is 2. The van der Waals surface area contributed by atoms with Crippen molar-refractivity contribution in [3.63, 3.8) is 0 Å². The molecule has 22 heavy (non-hydrogen) atoms. The summed E-state index contributed by atoms with van der Waals surface area (Å²) < 4.78 is 10.5. The van der Waals surface area contributed by atoms with Gasteiger partial charge in [0, 0.05) is 6.54 Å². The number of carbonyl (C=O) groups is 1. The van der Waals surface area contributed by atoms with E-state index in [2.05, 4.69) is 5.32 Å². The second-order valence-electron chi connectivity index (χ2n) is 5.07. The number of hydrogen-bond acceptors (Lipinski definition) is 3. The van der Waals surface area contributed by atoms with Crippen LogP contribution in [0, 0.1) is 6.92 Å². The van der Waals surface area contributed by atoms with Crippen molar-refractivity contribution in [3.8, 4) is 11.5 Å². The first-order valence-electron chi connectivity index (χ1n) is 7.16. The summed E-state index contributed by atoms with van der Waals surface area (Å²) in [6, 6.07) is 13.6. The van der Waals surface area contributed by atoms with Gasteiger partial charge >= 0.3 is 0 Å². The van der Waals surface area contributed by atoms with Crippen LogP contribution in [0.1, 0.15) is 16.7 Å². The van der Waals surface area contributed by atoms with Crippen LogP contribution in [-0.2, 0) is 17.8 Å². The van der Waals surface area contributed by atoms with Crippen molar-refractivity contribution >= 4 is 5.91 Å². The third-order valence-corrected chi connectivity index (χ3v) is 3.53. The lowest BCUT2D eigenvalue weighted by Crippen LogP contribution is -2.24. The van der Waals surface area contributed by atoms with Crippen molar-refractivity contribution in [3.05, 3.63) is 59.2 Å². The molecule has 1 N–H and O–H groups in total. The van der Waals surface area contributed by atoms with E-state index in [1.807, 2.05) is 49.4 Å². The van der Waals surface area contributed by atoms with Gasteiger partial charge in [0.05, 0.1) is 20.6 Å². The van der Waals surface area contributed by atoms with Gasteiger partial charge in [0.25, 0.3) is 0 Å². The van der Waals surface area contributed by atoms with Crippen LogP contribution in [0.4, 0.5) is 0 Å². The van der Waals surface area contributed by atoms with Gasteiger partial charge in [-0.15, -0.1) is 0 Å². The average Bonchev–Trinajstić information content (AvgIpc) is 2.55. The molecule has 0 saturated heterocycles. The van der Waals surface area contributed by atoms with E-state index in [-0.39, 0.29) is 5.91 Å². The topological polar surface area (TPSA) is 47.6 Å². The lowest BCUT2D eigenvalue weighted by molar-refractivity contribution is -0.120. The lowest BCUT2D eigenvalue weighted by atomic mass is 10.0. The molecule has 0 aliphatic heterocycles. The third kappa shape index (κ3) is 4.01. The van der Waals surface area contributed by atoms with Gasteiger partial charge in [-0.1, -0.05) is 30.3 Å². The van der Waals surface area contributed by atoms with Crippen LogP contribution >= 0.6 is 0 Å². The molecule has 0 aliphatic carbocycles. The number of carbonyl (C=O) groups excluding carboxylic acids is 1. The van der Waals surface area contributed by atoms with Crippen LogP contribution in [0.5, 0.6) is 11.5 Å². The van der Waals surface area contributed by atoms with Gasteiger partial charge in [-0.25, -0.2) is 0 Å². The Bertz CT molecular complexity index is 638. The predicted molar refractivity (Wildman–Crippen MR) is 86.3 cm³/mol. The summed E-state index contributed by atoms with van der Waals surface area (Å²) in [5.41, 5.74) is 3.02. The van der Waals surface area contributed by atoms with Crippen LogP contribution in [-0.4, -0.2) is 20.1 Å². The van der Waals surface area contributed by atoms with Gasteiger partial charge < -0.3 is 14.8 Å². The second kappa shape index (κ2) is 7.50. The minimum atomic E-state index is -0.0147. The number of ether oxygens (including phenoxy) is 2. The minimum absolute atomic E-state index is 0.0147. The Balaban J connectivity index is 2.02. The fraction of sp³-hybridized carbons (Fsp3) is 0.278. The highest BCUT2D eigenvalue weighted by molar-refractivity contribution is 5.79. The molecule has 0 fully saturated rings. The normalized spacial score (nSPS) is 10.1. The van der Waals surface area contributed by atoms with E-state index in [1.54, 1.807) is 14.2 Å². The minimum Gasteiger partial charge on any atom is -0.493 e. The van der Waals surface area contributed by atoms with Gasteiger partial charge in [-0.05, 0) is 35.7 Å². The molecule has 4 nitrogen and oxygen atoms in total. The molecule has 2 aromatic carbocycles. The first kappa shape index (κ1) is 15.9. The molecule has 4 heteroatoms. The zero-order valence-corrected chi connectivity index (χ0v) is 13.2. The molecule has 0 bridgehead atoms. The van der Waals surface area contributed by atoms with E-state index in [1.165, 1.54) is 0 Å². The largest absolute Gasteiger partial charge is 0.493 e. The van der Waals surface area contributed by atoms with E-state index in [9.17, 15) is 4.79 Å². The maximum Gasteiger partial charge on any atom is 0.224 e. The lowest BCUT2D eigenvalue weighted by Gasteiger charge is -2.13. The van der Waals surface area contributed by atoms with Crippen molar-refractivity contribution in [1.82, 2.24) is 5.32 Å². The Morgan fingerprint density at radius 3 is 2.32 bits per heavy atom. The van der Waals surface area contributed by atoms with Crippen molar-refractivity contribution in [2.45, 2.75) is 19.9 Å². The standard InChI is InChI=1S/C18H21NO3/c1-13-9-16(21-2)17(22-3)10-15(13)11-18(20)19-12-14-7-5-4-6-8-14/h4-10H,11-12H2,1-3H3,(H,19,20). The molecule has 116 valence electrons. The zero-order valence-electron chi connectivity index (χ0n) is 13.2. The summed E-state index contributed by atoms with van der Waals surface area (Å²) in [6.07, 6.45) is 0.318. The van der Waals surface area contributed by atoms with Gasteiger partial charge in [0.2, 0.25) is 5.91 Å². The molecule has 2 rings (SSSR count). The van der Waals surface area contributed by atoms with Crippen LogP contribution in [0.2, 0.25) is 0 Å². The van der Waals surface area contributed by atoms with E-state index in [4.69, 9.17) is 9.47 Å². The Labute approximate surface area is 131 Å². The molecule has 2 aromatic rings. The summed E-state index contributed by atoms with van der Waals surface area (Å²) in [6.45, 7) is 2.49. The number of hydrogen-bond donors (Lipinski definition) is 1. The fourth-order valence-corrected chi connectivity index (χ4v) is 2.25. The van der Waals surface area contributed by atoms with E-state index in [0.29, 0.717) is 24.5 Å². The maximum atomic E-state index is 12.1. The molecule has 0 saturated carbocycles. The Kier molecular flexibility index (Phi) is 5.42. The van der Waals surface area contributed by atoms with Gasteiger partial charge in [0.15, 0.2) is 11.5 Å². The number of benzene rings is 2. The molecule has 0 radical (unpaired) electrons. The molecule has 0 heterocycles. The molecule has 0 spiro atoms. The number of aryl methyl sites for hydroxylation is 1. The molecule has 0 atom stereocenters. The molecular weight excluding hydrogens is 278 g/mol. The molecule has 1 amide bonds. The third-order valence-electron chi connectivity index (χ3n) is 3.53. The highest BCUT2D eigenvalue weighted by Crippen LogP contribution is 2.30. The summed E-state index contributed by atoms with van der Waals surface area (Å²) in [4.78, 5) is 12.1. The number of rotatable bonds is 6. The smallest absolute Gasteiger partial charge is 0.224 e. The maximum absolute atomic E-state index is 12.1. The van der Waals surface area contributed by atoms with E-state index in [0.717, 1.165) is 16.7 Å². The first-order valence-corrected chi connectivity index (χ1v) is 7.16. The van der Waals surface area contributed by atoms with Gasteiger partial charge in [-0.2, -0.15) is 0 Å². The second-order valence-corrected chi connectivity index (χ2v) is 5.07. The van der Waals surface area contributed by atoms with Crippen LogP contribution < -0.4 is 14.8 Å². The SMILES string of the molecule is COc1cc(C)c(CC(=O)NCc2ccccc2)cc1OC. The highest BCUT2D eigenvalue weighted by atomic mass is 16.5. The molecule has 0 aliphatic rings. The predicted octanol–water partition coefficient (Wildman–Crippen LogP) is 2.87. The van der Waals surface area contributed by atoms with Gasteiger partial charge in [-0.3, -0.25) is 4.79 Å². The van der Waals surface area contributed by atoms with Crippen LogP contribution in [0.3, 0.4) is 0 Å². The first-order chi connectivity index (χ1) is 10.6. The van der Waals surface area contributed by atoms with Crippen LogP contribution in [0.25, 0.3) is 0 Å². The van der Waals surface area contributed by atoms with Crippen LogP contribution in [0.15, 0.2) is 42.5 Å². The summed E-state index contributed by atoms with van der Waals surface area (Å²) in [5.74, 6) is 1.30. The summed E-state index contributed by atoms with van der Waals surface area (Å²) in [5, 5.41) is 2.93. The molecule has 0 unspecified atom stereocenters. The number of nitrogens with one attached hydrogen (secondary N) is 1.